The molecular formula is C11H22N4. The lowest BCUT2D eigenvalue weighted by molar-refractivity contribution is 0.594. The molecule has 0 aliphatic rings. The standard InChI is InChI=1S/C11H22N4/c1-4-10-8-11(15(3)14-10)9-13-7-6-12-5-2/h8,12-13H,4-7,9H2,1-3H3. The van der Waals surface area contributed by atoms with Crippen molar-refractivity contribution in [3.05, 3.63) is 17.5 Å². The van der Waals surface area contributed by atoms with E-state index >= 15 is 0 Å². The lowest BCUT2D eigenvalue weighted by Crippen LogP contribution is -2.27. The average molecular weight is 210 g/mol. The summed E-state index contributed by atoms with van der Waals surface area (Å²) in [5, 5.41) is 11.1. The van der Waals surface area contributed by atoms with Crippen LogP contribution in [-0.4, -0.2) is 29.4 Å². The van der Waals surface area contributed by atoms with Crippen LogP contribution in [0.15, 0.2) is 6.07 Å². The van der Waals surface area contributed by atoms with E-state index in [2.05, 4.69) is 35.6 Å². The van der Waals surface area contributed by atoms with Crippen LogP contribution < -0.4 is 10.6 Å². The quantitative estimate of drug-likeness (QED) is 0.650. The van der Waals surface area contributed by atoms with E-state index in [4.69, 9.17) is 0 Å². The van der Waals surface area contributed by atoms with E-state index < -0.39 is 0 Å². The van der Waals surface area contributed by atoms with Crippen LogP contribution in [0.2, 0.25) is 0 Å². The Hall–Kier alpha value is -0.870. The van der Waals surface area contributed by atoms with Gasteiger partial charge in [0.25, 0.3) is 0 Å². The maximum atomic E-state index is 4.41. The number of rotatable bonds is 7. The molecule has 1 heterocycles. The van der Waals surface area contributed by atoms with Crippen LogP contribution in [0.25, 0.3) is 0 Å². The molecule has 1 aromatic rings. The van der Waals surface area contributed by atoms with Crippen molar-refractivity contribution in [2.24, 2.45) is 7.05 Å². The molecule has 0 aromatic carbocycles. The van der Waals surface area contributed by atoms with Gasteiger partial charge in [-0.1, -0.05) is 13.8 Å². The number of aromatic nitrogens is 2. The molecule has 2 N–H and O–H groups in total. The Morgan fingerprint density at radius 2 is 2.00 bits per heavy atom. The van der Waals surface area contributed by atoms with Gasteiger partial charge in [-0.05, 0) is 19.0 Å². The minimum atomic E-state index is 0.898. The summed E-state index contributed by atoms with van der Waals surface area (Å²) in [6, 6.07) is 2.17. The number of hydrogen-bond acceptors (Lipinski definition) is 3. The van der Waals surface area contributed by atoms with Gasteiger partial charge in [0.05, 0.1) is 11.4 Å². The zero-order valence-electron chi connectivity index (χ0n) is 10.0. The Morgan fingerprint density at radius 1 is 1.27 bits per heavy atom. The number of nitrogens with one attached hydrogen (secondary N) is 2. The third-order valence-corrected chi connectivity index (χ3v) is 2.42. The highest BCUT2D eigenvalue weighted by molar-refractivity contribution is 5.09. The van der Waals surface area contributed by atoms with Gasteiger partial charge in [-0.3, -0.25) is 4.68 Å². The summed E-state index contributed by atoms with van der Waals surface area (Å²) in [6.45, 7) is 8.21. The van der Waals surface area contributed by atoms with Crippen molar-refractivity contribution in [3.8, 4) is 0 Å². The molecule has 15 heavy (non-hydrogen) atoms. The monoisotopic (exact) mass is 210 g/mol. The van der Waals surface area contributed by atoms with Gasteiger partial charge in [0, 0.05) is 26.7 Å². The highest BCUT2D eigenvalue weighted by Gasteiger charge is 2.02. The van der Waals surface area contributed by atoms with Gasteiger partial charge in [0.2, 0.25) is 0 Å². The van der Waals surface area contributed by atoms with E-state index in [9.17, 15) is 0 Å². The fourth-order valence-corrected chi connectivity index (χ4v) is 1.48. The van der Waals surface area contributed by atoms with Crippen molar-refractivity contribution in [1.29, 1.82) is 0 Å². The van der Waals surface area contributed by atoms with Crippen molar-refractivity contribution in [1.82, 2.24) is 20.4 Å². The van der Waals surface area contributed by atoms with Crippen LogP contribution in [-0.2, 0) is 20.0 Å². The zero-order chi connectivity index (χ0) is 11.1. The Morgan fingerprint density at radius 3 is 2.60 bits per heavy atom. The average Bonchev–Trinajstić information content (AvgIpc) is 2.59. The van der Waals surface area contributed by atoms with Gasteiger partial charge < -0.3 is 10.6 Å². The number of hydrogen-bond donors (Lipinski definition) is 2. The predicted octanol–water partition coefficient (Wildman–Crippen LogP) is 0.682. The highest BCUT2D eigenvalue weighted by atomic mass is 15.3. The normalized spacial score (nSPS) is 10.9. The summed E-state index contributed by atoms with van der Waals surface area (Å²) < 4.78 is 1.96. The number of likely N-dealkylation sites (N-methyl/N-ethyl adjacent to an activating group) is 1. The van der Waals surface area contributed by atoms with E-state index in [0.29, 0.717) is 0 Å². The summed E-state index contributed by atoms with van der Waals surface area (Å²) in [7, 11) is 2.00. The summed E-state index contributed by atoms with van der Waals surface area (Å²) in [5.74, 6) is 0. The Balaban J connectivity index is 2.27. The molecule has 0 spiro atoms. The fraction of sp³-hybridized carbons (Fsp3) is 0.727. The van der Waals surface area contributed by atoms with Gasteiger partial charge in [-0.25, -0.2) is 0 Å². The first kappa shape index (κ1) is 12.2. The third kappa shape index (κ3) is 4.01. The smallest absolute Gasteiger partial charge is 0.0625 e. The number of nitrogens with zero attached hydrogens (tertiary/aromatic N) is 2. The van der Waals surface area contributed by atoms with E-state index in [1.807, 2.05) is 11.7 Å². The molecule has 0 radical (unpaired) electrons. The van der Waals surface area contributed by atoms with Crippen LogP contribution in [0.3, 0.4) is 0 Å². The maximum absolute atomic E-state index is 4.41. The molecule has 0 saturated heterocycles. The van der Waals surface area contributed by atoms with E-state index in [-0.39, 0.29) is 0 Å². The molecule has 0 amide bonds. The molecule has 0 saturated carbocycles. The second-order valence-electron chi connectivity index (χ2n) is 3.63. The van der Waals surface area contributed by atoms with Gasteiger partial charge in [0.1, 0.15) is 0 Å². The summed E-state index contributed by atoms with van der Waals surface area (Å²) in [4.78, 5) is 0. The maximum Gasteiger partial charge on any atom is 0.0625 e. The summed E-state index contributed by atoms with van der Waals surface area (Å²) in [5.41, 5.74) is 2.42. The highest BCUT2D eigenvalue weighted by Crippen LogP contribution is 2.02. The van der Waals surface area contributed by atoms with E-state index in [1.165, 1.54) is 11.4 Å². The van der Waals surface area contributed by atoms with Crippen LogP contribution in [0, 0.1) is 0 Å². The SMILES string of the molecule is CCNCCNCc1cc(CC)nn1C. The van der Waals surface area contributed by atoms with E-state index in [0.717, 1.165) is 32.6 Å². The van der Waals surface area contributed by atoms with Crippen LogP contribution >= 0.6 is 0 Å². The van der Waals surface area contributed by atoms with Crippen molar-refractivity contribution in [3.63, 3.8) is 0 Å². The minimum Gasteiger partial charge on any atom is -0.316 e. The van der Waals surface area contributed by atoms with E-state index in [1.54, 1.807) is 0 Å². The second-order valence-corrected chi connectivity index (χ2v) is 3.63. The van der Waals surface area contributed by atoms with Crippen LogP contribution in [0.5, 0.6) is 0 Å². The van der Waals surface area contributed by atoms with Gasteiger partial charge in [-0.15, -0.1) is 0 Å². The molecule has 0 atom stereocenters. The van der Waals surface area contributed by atoms with Gasteiger partial charge in [0.15, 0.2) is 0 Å². The molecule has 4 heteroatoms. The molecular weight excluding hydrogens is 188 g/mol. The topological polar surface area (TPSA) is 41.9 Å². The van der Waals surface area contributed by atoms with Crippen molar-refractivity contribution in [2.75, 3.05) is 19.6 Å². The molecule has 0 unspecified atom stereocenters. The van der Waals surface area contributed by atoms with Crippen molar-refractivity contribution >= 4 is 0 Å². The van der Waals surface area contributed by atoms with Crippen molar-refractivity contribution < 1.29 is 0 Å². The first-order valence-corrected chi connectivity index (χ1v) is 5.71. The molecule has 1 rings (SSSR count). The molecule has 0 fully saturated rings. The van der Waals surface area contributed by atoms with Gasteiger partial charge in [-0.2, -0.15) is 5.10 Å². The lowest BCUT2D eigenvalue weighted by Gasteiger charge is -2.04. The summed E-state index contributed by atoms with van der Waals surface area (Å²) in [6.07, 6.45) is 1.01. The largest absolute Gasteiger partial charge is 0.316 e. The zero-order valence-corrected chi connectivity index (χ0v) is 10.0. The van der Waals surface area contributed by atoms with Crippen LogP contribution in [0.4, 0.5) is 0 Å². The Labute approximate surface area is 92.1 Å². The first-order chi connectivity index (χ1) is 7.27. The second kappa shape index (κ2) is 6.58. The predicted molar refractivity (Wildman–Crippen MR) is 62.8 cm³/mol. The summed E-state index contributed by atoms with van der Waals surface area (Å²) >= 11 is 0. The first-order valence-electron chi connectivity index (χ1n) is 5.71. The molecule has 86 valence electrons. The van der Waals surface area contributed by atoms with Crippen LogP contribution in [0.1, 0.15) is 25.2 Å². The molecule has 0 aliphatic carbocycles. The molecule has 1 aromatic heterocycles. The molecule has 0 aliphatic heterocycles. The third-order valence-electron chi connectivity index (χ3n) is 2.42. The Bertz CT molecular complexity index is 280. The molecule has 0 bridgehead atoms. The Kier molecular flexibility index (Phi) is 5.36. The van der Waals surface area contributed by atoms with Crippen molar-refractivity contribution in [2.45, 2.75) is 26.8 Å². The number of aryl methyl sites for hydroxylation is 2. The molecule has 4 nitrogen and oxygen atoms in total. The fourth-order valence-electron chi connectivity index (χ4n) is 1.48. The minimum absolute atomic E-state index is 0.898. The van der Waals surface area contributed by atoms with Gasteiger partial charge >= 0.3 is 0 Å². The lowest BCUT2D eigenvalue weighted by atomic mass is 10.3.